The molecular formula is C19H20N6O2. The van der Waals surface area contributed by atoms with Crippen molar-refractivity contribution in [3.05, 3.63) is 64.0 Å². The van der Waals surface area contributed by atoms with Crippen molar-refractivity contribution in [3.8, 4) is 0 Å². The van der Waals surface area contributed by atoms with E-state index in [1.165, 1.54) is 0 Å². The molecule has 1 saturated heterocycles. The summed E-state index contributed by atoms with van der Waals surface area (Å²) in [6, 6.07) is 9.19. The summed E-state index contributed by atoms with van der Waals surface area (Å²) >= 11 is 0. The number of hydrogen-bond acceptors (Lipinski definition) is 5. The lowest BCUT2D eigenvalue weighted by Gasteiger charge is -2.37. The SMILES string of the molecule is O=C(NCc1nnc2ccccn12)c1ccc2n(c1=O)C[C@@H]1CNC[C@H]2C1. The van der Waals surface area contributed by atoms with Gasteiger partial charge in [0, 0.05) is 30.9 Å². The predicted molar refractivity (Wildman–Crippen MR) is 98.6 cm³/mol. The maximum atomic E-state index is 12.9. The Morgan fingerprint density at radius 1 is 1.22 bits per heavy atom. The number of aromatic nitrogens is 4. The van der Waals surface area contributed by atoms with Crippen LogP contribution in [0, 0.1) is 5.92 Å². The predicted octanol–water partition coefficient (Wildman–Crippen LogP) is 0.528. The molecule has 1 fully saturated rings. The molecule has 138 valence electrons. The van der Waals surface area contributed by atoms with E-state index < -0.39 is 0 Å². The Hall–Kier alpha value is -3.00. The second-order valence-electron chi connectivity index (χ2n) is 7.27. The summed E-state index contributed by atoms with van der Waals surface area (Å²) in [5, 5.41) is 14.4. The van der Waals surface area contributed by atoms with E-state index in [4.69, 9.17) is 0 Å². The molecule has 8 heteroatoms. The van der Waals surface area contributed by atoms with Crippen LogP contribution in [-0.2, 0) is 13.1 Å². The molecule has 0 spiro atoms. The molecule has 2 N–H and O–H groups in total. The average molecular weight is 364 g/mol. The topological polar surface area (TPSA) is 93.3 Å². The van der Waals surface area contributed by atoms with Gasteiger partial charge in [0.15, 0.2) is 11.5 Å². The van der Waals surface area contributed by atoms with Gasteiger partial charge >= 0.3 is 0 Å². The second-order valence-corrected chi connectivity index (χ2v) is 7.27. The van der Waals surface area contributed by atoms with Crippen molar-refractivity contribution in [3.63, 3.8) is 0 Å². The van der Waals surface area contributed by atoms with Gasteiger partial charge in [-0.05, 0) is 43.1 Å². The maximum Gasteiger partial charge on any atom is 0.263 e. The first kappa shape index (κ1) is 16.2. The third-order valence-electron chi connectivity index (χ3n) is 5.54. The van der Waals surface area contributed by atoms with Crippen molar-refractivity contribution in [2.24, 2.45) is 5.92 Å². The highest BCUT2D eigenvalue weighted by Gasteiger charge is 2.31. The van der Waals surface area contributed by atoms with Gasteiger partial charge in [0.1, 0.15) is 5.56 Å². The van der Waals surface area contributed by atoms with Crippen molar-refractivity contribution >= 4 is 11.6 Å². The molecule has 5 rings (SSSR count). The molecule has 2 aliphatic heterocycles. The lowest BCUT2D eigenvalue weighted by molar-refractivity contribution is 0.0947. The number of hydrogen-bond donors (Lipinski definition) is 2. The van der Waals surface area contributed by atoms with Crippen molar-refractivity contribution in [2.45, 2.75) is 25.4 Å². The molecule has 0 radical (unpaired) electrons. The fourth-order valence-corrected chi connectivity index (χ4v) is 4.23. The number of amides is 1. The number of rotatable bonds is 3. The standard InChI is InChI=1S/C19H20N6O2/c26-18(21-10-17-23-22-16-3-1-2-6-24(16)17)14-4-5-15-13-7-12(8-20-9-13)11-25(15)19(14)27/h1-6,12-13,20H,7-11H2,(H,21,26)/t12-,13+/m0/s1. The summed E-state index contributed by atoms with van der Waals surface area (Å²) in [5.74, 6) is 1.05. The van der Waals surface area contributed by atoms with Gasteiger partial charge in [-0.15, -0.1) is 10.2 Å². The molecule has 0 aliphatic carbocycles. The summed E-state index contributed by atoms with van der Waals surface area (Å²) in [5.41, 5.74) is 1.73. The average Bonchev–Trinajstić information content (AvgIpc) is 3.10. The third-order valence-corrected chi connectivity index (χ3v) is 5.54. The number of piperidine rings is 1. The van der Waals surface area contributed by atoms with E-state index in [1.807, 2.05) is 34.9 Å². The van der Waals surface area contributed by atoms with E-state index in [-0.39, 0.29) is 23.6 Å². The van der Waals surface area contributed by atoms with Crippen LogP contribution in [0.1, 0.15) is 34.2 Å². The number of carbonyl (C=O) groups excluding carboxylic acids is 1. The van der Waals surface area contributed by atoms with Crippen LogP contribution in [0.25, 0.3) is 5.65 Å². The Morgan fingerprint density at radius 3 is 3.07 bits per heavy atom. The molecule has 27 heavy (non-hydrogen) atoms. The maximum absolute atomic E-state index is 12.9. The minimum Gasteiger partial charge on any atom is -0.345 e. The van der Waals surface area contributed by atoms with Gasteiger partial charge in [-0.25, -0.2) is 0 Å². The Balaban J connectivity index is 1.39. The van der Waals surface area contributed by atoms with Crippen LogP contribution in [0.5, 0.6) is 0 Å². The minimum atomic E-state index is -0.378. The molecular weight excluding hydrogens is 344 g/mol. The summed E-state index contributed by atoms with van der Waals surface area (Å²) in [6.45, 7) is 2.70. The molecule has 0 aromatic carbocycles. The zero-order valence-electron chi connectivity index (χ0n) is 14.8. The van der Waals surface area contributed by atoms with Gasteiger partial charge in [0.05, 0.1) is 6.54 Å². The fourth-order valence-electron chi connectivity index (χ4n) is 4.23. The molecule has 1 amide bonds. The monoisotopic (exact) mass is 364 g/mol. The quantitative estimate of drug-likeness (QED) is 0.707. The second kappa shape index (κ2) is 6.31. The Bertz CT molecular complexity index is 1090. The van der Waals surface area contributed by atoms with E-state index >= 15 is 0 Å². The summed E-state index contributed by atoms with van der Waals surface area (Å²) < 4.78 is 3.61. The summed E-state index contributed by atoms with van der Waals surface area (Å²) in [4.78, 5) is 25.5. The Labute approximate surface area is 155 Å². The molecule has 8 nitrogen and oxygen atoms in total. The molecule has 3 aromatic rings. The van der Waals surface area contributed by atoms with Crippen LogP contribution in [-0.4, -0.2) is 38.2 Å². The highest BCUT2D eigenvalue weighted by molar-refractivity contribution is 5.93. The van der Waals surface area contributed by atoms with Gasteiger partial charge < -0.3 is 15.2 Å². The minimum absolute atomic E-state index is 0.181. The first-order valence-electron chi connectivity index (χ1n) is 9.22. The molecule has 5 heterocycles. The lowest BCUT2D eigenvalue weighted by Crippen LogP contribution is -2.46. The molecule has 2 aliphatic rings. The van der Waals surface area contributed by atoms with Crippen LogP contribution in [0.3, 0.4) is 0 Å². The van der Waals surface area contributed by atoms with Crippen molar-refractivity contribution in [2.75, 3.05) is 13.1 Å². The summed E-state index contributed by atoms with van der Waals surface area (Å²) in [7, 11) is 0. The highest BCUT2D eigenvalue weighted by Crippen LogP contribution is 2.31. The molecule has 0 unspecified atom stereocenters. The third kappa shape index (κ3) is 2.73. The van der Waals surface area contributed by atoms with Crippen LogP contribution < -0.4 is 16.2 Å². The van der Waals surface area contributed by atoms with E-state index in [9.17, 15) is 9.59 Å². The van der Waals surface area contributed by atoms with Crippen LogP contribution >= 0.6 is 0 Å². The van der Waals surface area contributed by atoms with Gasteiger partial charge in [-0.2, -0.15) is 0 Å². The molecule has 0 saturated carbocycles. The zero-order valence-corrected chi connectivity index (χ0v) is 14.8. The van der Waals surface area contributed by atoms with Gasteiger partial charge in [-0.1, -0.05) is 6.07 Å². The first-order valence-corrected chi connectivity index (χ1v) is 9.22. The number of carbonyl (C=O) groups is 1. The van der Waals surface area contributed by atoms with Gasteiger partial charge in [0.25, 0.3) is 11.5 Å². The van der Waals surface area contributed by atoms with E-state index in [2.05, 4.69) is 20.8 Å². The number of fused-ring (bicyclic) bond motifs is 5. The first-order chi connectivity index (χ1) is 13.2. The van der Waals surface area contributed by atoms with Crippen LogP contribution in [0.2, 0.25) is 0 Å². The van der Waals surface area contributed by atoms with Crippen LogP contribution in [0.15, 0.2) is 41.3 Å². The van der Waals surface area contributed by atoms with E-state index in [1.54, 1.807) is 10.6 Å². The van der Waals surface area contributed by atoms with Crippen molar-refractivity contribution in [1.82, 2.24) is 29.8 Å². The largest absolute Gasteiger partial charge is 0.345 e. The van der Waals surface area contributed by atoms with Crippen molar-refractivity contribution < 1.29 is 4.79 Å². The Kier molecular flexibility index (Phi) is 3.78. The smallest absolute Gasteiger partial charge is 0.263 e. The van der Waals surface area contributed by atoms with E-state index in [0.717, 1.165) is 30.9 Å². The summed E-state index contributed by atoms with van der Waals surface area (Å²) in [6.07, 6.45) is 2.95. The molecule has 2 bridgehead atoms. The highest BCUT2D eigenvalue weighted by atomic mass is 16.2. The van der Waals surface area contributed by atoms with E-state index in [0.29, 0.717) is 24.2 Å². The van der Waals surface area contributed by atoms with Crippen LogP contribution in [0.4, 0.5) is 0 Å². The Morgan fingerprint density at radius 2 is 2.15 bits per heavy atom. The normalized spacial score (nSPS) is 21.0. The van der Waals surface area contributed by atoms with Gasteiger partial charge in [-0.3, -0.25) is 14.0 Å². The molecule has 2 atom stereocenters. The number of nitrogens with zero attached hydrogens (tertiary/aromatic N) is 4. The van der Waals surface area contributed by atoms with Crippen molar-refractivity contribution in [1.29, 1.82) is 0 Å². The number of pyridine rings is 2. The zero-order chi connectivity index (χ0) is 18.4. The molecule has 3 aromatic heterocycles. The lowest BCUT2D eigenvalue weighted by atomic mass is 9.84. The van der Waals surface area contributed by atoms with Gasteiger partial charge in [0.2, 0.25) is 0 Å². The number of nitrogens with one attached hydrogen (secondary N) is 2. The fraction of sp³-hybridized carbons (Fsp3) is 0.368.